The van der Waals surface area contributed by atoms with E-state index in [0.29, 0.717) is 18.7 Å². The summed E-state index contributed by atoms with van der Waals surface area (Å²) in [5.41, 5.74) is -0.231. The van der Waals surface area contributed by atoms with Gasteiger partial charge in [0.2, 0.25) is 17.7 Å². The smallest absolute Gasteiger partial charge is 0.408 e. The van der Waals surface area contributed by atoms with E-state index in [0.717, 1.165) is 51.6 Å². The molecule has 11 heteroatoms. The molecule has 0 aromatic heterocycles. The van der Waals surface area contributed by atoms with Crippen LogP contribution in [0.1, 0.15) is 78.2 Å². The molecular weight excluding hydrogens is 541 g/mol. The van der Waals surface area contributed by atoms with Gasteiger partial charge in [-0.25, -0.2) is 9.18 Å². The molecule has 1 saturated heterocycles. The second-order valence-corrected chi connectivity index (χ2v) is 12.5. The van der Waals surface area contributed by atoms with E-state index in [9.17, 15) is 19.2 Å². The molecule has 0 radical (unpaired) electrons. The fourth-order valence-corrected chi connectivity index (χ4v) is 5.45. The third-order valence-electron chi connectivity index (χ3n) is 7.83. The first kappa shape index (κ1) is 33.3. The third kappa shape index (κ3) is 10.3. The number of nitrogens with zero attached hydrogens (tertiary/aromatic N) is 2. The van der Waals surface area contributed by atoms with Gasteiger partial charge in [-0.3, -0.25) is 14.4 Å². The summed E-state index contributed by atoms with van der Waals surface area (Å²) < 4.78 is 20.7. The Bertz CT molecular complexity index is 1090. The zero-order chi connectivity index (χ0) is 30.9. The van der Waals surface area contributed by atoms with E-state index in [1.165, 1.54) is 12.1 Å². The molecule has 1 aliphatic carbocycles. The maximum absolute atomic E-state index is 15.3. The highest BCUT2D eigenvalue weighted by Crippen LogP contribution is 2.27. The number of likely N-dealkylation sites (N-methyl/N-ethyl adjacent to an activating group) is 1. The number of nitrogens with one attached hydrogen (secondary N) is 3. The maximum atomic E-state index is 15.3. The van der Waals surface area contributed by atoms with Crippen molar-refractivity contribution in [2.24, 2.45) is 5.92 Å². The molecule has 0 spiro atoms. The van der Waals surface area contributed by atoms with Gasteiger partial charge >= 0.3 is 6.09 Å². The molecule has 1 aliphatic heterocycles. The molecule has 2 aliphatic rings. The molecule has 10 nitrogen and oxygen atoms in total. The van der Waals surface area contributed by atoms with Crippen LogP contribution in [0.15, 0.2) is 18.2 Å². The van der Waals surface area contributed by atoms with Crippen LogP contribution >= 0.6 is 0 Å². The van der Waals surface area contributed by atoms with Gasteiger partial charge in [0.05, 0.1) is 5.69 Å². The van der Waals surface area contributed by atoms with Crippen molar-refractivity contribution in [1.29, 1.82) is 0 Å². The third-order valence-corrected chi connectivity index (χ3v) is 7.83. The minimum absolute atomic E-state index is 0.0205. The van der Waals surface area contributed by atoms with E-state index < -0.39 is 35.5 Å². The van der Waals surface area contributed by atoms with E-state index in [-0.39, 0.29) is 36.3 Å². The molecule has 3 N–H and O–H groups in total. The topological polar surface area (TPSA) is 120 Å². The van der Waals surface area contributed by atoms with Gasteiger partial charge in [-0.2, -0.15) is 0 Å². The molecule has 42 heavy (non-hydrogen) atoms. The van der Waals surface area contributed by atoms with Crippen molar-refractivity contribution in [3.8, 4) is 0 Å². The average molecular weight is 590 g/mol. The van der Waals surface area contributed by atoms with Gasteiger partial charge in [-0.15, -0.1) is 0 Å². The molecule has 1 aromatic rings. The Morgan fingerprint density at radius 1 is 1.00 bits per heavy atom. The average Bonchev–Trinajstić information content (AvgIpc) is 3.21. The fraction of sp³-hybridized carbons (Fsp3) is 0.677. The molecule has 2 fully saturated rings. The fourth-order valence-electron chi connectivity index (χ4n) is 5.45. The highest BCUT2D eigenvalue weighted by atomic mass is 19.1. The van der Waals surface area contributed by atoms with Crippen LogP contribution in [0.2, 0.25) is 0 Å². The van der Waals surface area contributed by atoms with Crippen molar-refractivity contribution < 1.29 is 28.3 Å². The summed E-state index contributed by atoms with van der Waals surface area (Å²) in [5, 5.41) is 8.19. The lowest BCUT2D eigenvalue weighted by Gasteiger charge is -2.34. The van der Waals surface area contributed by atoms with Gasteiger partial charge < -0.3 is 30.5 Å². The first-order valence-electron chi connectivity index (χ1n) is 15.2. The summed E-state index contributed by atoms with van der Waals surface area (Å²) in [7, 11) is 1.99. The Morgan fingerprint density at radius 2 is 1.64 bits per heavy atom. The highest BCUT2D eigenvalue weighted by Gasteiger charge is 2.33. The number of carbonyl (C=O) groups excluding carboxylic acids is 4. The van der Waals surface area contributed by atoms with Gasteiger partial charge in [-0.05, 0) is 64.3 Å². The van der Waals surface area contributed by atoms with Crippen LogP contribution < -0.4 is 16.0 Å². The zero-order valence-electron chi connectivity index (χ0n) is 25.8. The maximum Gasteiger partial charge on any atom is 0.408 e. The number of hydrogen-bond donors (Lipinski definition) is 3. The van der Waals surface area contributed by atoms with Gasteiger partial charge in [0.25, 0.3) is 0 Å². The lowest BCUT2D eigenvalue weighted by atomic mass is 9.91. The first-order chi connectivity index (χ1) is 19.9. The summed E-state index contributed by atoms with van der Waals surface area (Å²) in [6.45, 7) is 9.58. The predicted molar refractivity (Wildman–Crippen MR) is 159 cm³/mol. The van der Waals surface area contributed by atoms with E-state index >= 15 is 4.39 Å². The van der Waals surface area contributed by atoms with Gasteiger partial charge in [0.15, 0.2) is 0 Å². The van der Waals surface area contributed by atoms with Crippen LogP contribution in [0, 0.1) is 11.7 Å². The molecule has 1 heterocycles. The number of alkyl carbamates (subject to hydrolysis) is 1. The molecule has 2 unspecified atom stereocenters. The Balaban J connectivity index is 1.74. The minimum Gasteiger partial charge on any atom is -0.444 e. The quantitative estimate of drug-likeness (QED) is 0.377. The van der Waals surface area contributed by atoms with Crippen LogP contribution in [-0.2, 0) is 25.5 Å². The summed E-state index contributed by atoms with van der Waals surface area (Å²) in [5.74, 6) is -1.70. The summed E-state index contributed by atoms with van der Waals surface area (Å²) in [4.78, 5) is 55.4. The molecule has 1 saturated carbocycles. The van der Waals surface area contributed by atoms with Gasteiger partial charge in [-0.1, -0.05) is 38.7 Å². The molecule has 4 amide bonds. The molecule has 3 rings (SSSR count). The van der Waals surface area contributed by atoms with E-state index in [2.05, 4.69) is 20.9 Å². The largest absolute Gasteiger partial charge is 0.444 e. The number of carbonyl (C=O) groups is 4. The molecule has 2 atom stereocenters. The number of hydrogen-bond acceptors (Lipinski definition) is 6. The van der Waals surface area contributed by atoms with Crippen molar-refractivity contribution in [3.63, 3.8) is 0 Å². The summed E-state index contributed by atoms with van der Waals surface area (Å²) >= 11 is 0. The standard InChI is InChI=1S/C31H48FN5O5/c1-6-26(38)33-25(29(40)37-17-15-36(5)16-18-37)20-21-13-14-24(23(32)19-21)34-28(39)27(22-11-9-7-8-10-12-22)35-30(41)42-31(2,3)4/h13-14,19,22,25,27H,6-12,15-18,20H2,1-5H3,(H,33,38)(H,34,39)(H,35,41). The SMILES string of the molecule is CCC(=O)NC(Cc1ccc(NC(=O)C(NC(=O)OC(C)(C)C)C2CCCCCC2)c(F)c1)C(=O)N1CCN(C)CC1. The van der Waals surface area contributed by atoms with Crippen LogP contribution in [-0.4, -0.2) is 84.5 Å². The monoisotopic (exact) mass is 589 g/mol. The summed E-state index contributed by atoms with van der Waals surface area (Å²) in [6.07, 6.45) is 5.27. The normalized spacial score (nSPS) is 18.4. The van der Waals surface area contributed by atoms with E-state index in [4.69, 9.17) is 4.74 Å². The van der Waals surface area contributed by atoms with E-state index in [1.807, 2.05) is 7.05 Å². The highest BCUT2D eigenvalue weighted by molar-refractivity contribution is 5.97. The Hall–Kier alpha value is -3.21. The Kier molecular flexibility index (Phi) is 12.1. The number of ether oxygens (including phenoxy) is 1. The number of anilines is 1. The second kappa shape index (κ2) is 15.3. The Morgan fingerprint density at radius 3 is 2.21 bits per heavy atom. The molecule has 234 valence electrons. The molecule has 1 aromatic carbocycles. The van der Waals surface area contributed by atoms with Crippen molar-refractivity contribution in [3.05, 3.63) is 29.6 Å². The predicted octanol–water partition coefficient (Wildman–Crippen LogP) is 3.84. The van der Waals surface area contributed by atoms with Crippen molar-refractivity contribution in [2.45, 2.75) is 96.7 Å². The van der Waals surface area contributed by atoms with Crippen LogP contribution in [0.25, 0.3) is 0 Å². The molecule has 0 bridgehead atoms. The van der Waals surface area contributed by atoms with Crippen molar-refractivity contribution in [1.82, 2.24) is 20.4 Å². The lowest BCUT2D eigenvalue weighted by molar-refractivity contribution is -0.137. The second-order valence-electron chi connectivity index (χ2n) is 12.5. The molecular formula is C31H48FN5O5. The van der Waals surface area contributed by atoms with Crippen LogP contribution in [0.5, 0.6) is 0 Å². The number of piperazine rings is 1. The number of amides is 4. The van der Waals surface area contributed by atoms with Gasteiger partial charge in [0, 0.05) is 39.0 Å². The zero-order valence-corrected chi connectivity index (χ0v) is 25.8. The Labute approximate surface area is 249 Å². The summed E-state index contributed by atoms with van der Waals surface area (Å²) in [6, 6.07) is 2.69. The minimum atomic E-state index is -0.869. The van der Waals surface area contributed by atoms with Crippen molar-refractivity contribution in [2.75, 3.05) is 38.5 Å². The number of halogens is 1. The van der Waals surface area contributed by atoms with E-state index in [1.54, 1.807) is 38.7 Å². The van der Waals surface area contributed by atoms with Gasteiger partial charge in [0.1, 0.15) is 23.5 Å². The number of benzene rings is 1. The van der Waals surface area contributed by atoms with Crippen LogP contribution in [0.3, 0.4) is 0 Å². The van der Waals surface area contributed by atoms with Crippen molar-refractivity contribution >= 4 is 29.5 Å². The van der Waals surface area contributed by atoms with Crippen LogP contribution in [0.4, 0.5) is 14.9 Å². The lowest BCUT2D eigenvalue weighted by Crippen LogP contribution is -2.54. The number of rotatable bonds is 9. The first-order valence-corrected chi connectivity index (χ1v) is 15.2.